The second kappa shape index (κ2) is 7.06. The smallest absolute Gasteiger partial charge is 0.341 e. The Morgan fingerprint density at radius 2 is 1.71 bits per heavy atom. The van der Waals surface area contributed by atoms with Gasteiger partial charge < -0.3 is 4.90 Å². The molecule has 0 fully saturated rings. The molecule has 0 saturated heterocycles. The average Bonchev–Trinajstić information content (AvgIpc) is 3.14. The van der Waals surface area contributed by atoms with E-state index in [1.165, 1.54) is 0 Å². The predicted molar refractivity (Wildman–Crippen MR) is 115 cm³/mol. The second-order valence-electron chi connectivity index (χ2n) is 8.21. The molecular formula is C24H22F3N3O. The Hall–Kier alpha value is -3.44. The minimum Gasteiger partial charge on any atom is -0.341 e. The molecular weight excluding hydrogens is 403 g/mol. The maximum atomic E-state index is 13.7. The number of alkyl halides is 3. The molecule has 3 aromatic rings. The number of rotatable bonds is 2. The number of aryl methyl sites for hydroxylation is 1. The van der Waals surface area contributed by atoms with Gasteiger partial charge in [0.15, 0.2) is 0 Å². The molecule has 1 aromatic heterocycles. The number of aromatic nitrogens is 2. The van der Waals surface area contributed by atoms with Crippen molar-refractivity contribution in [1.82, 2.24) is 9.78 Å². The number of benzene rings is 2. The van der Waals surface area contributed by atoms with E-state index in [-0.39, 0.29) is 0 Å². The van der Waals surface area contributed by atoms with Crippen molar-refractivity contribution in [3.05, 3.63) is 92.7 Å². The van der Waals surface area contributed by atoms with Gasteiger partial charge in [0.25, 0.3) is 5.56 Å². The highest BCUT2D eigenvalue weighted by Gasteiger charge is 2.39. The quantitative estimate of drug-likeness (QED) is 0.558. The van der Waals surface area contributed by atoms with E-state index in [1.54, 1.807) is 24.3 Å². The van der Waals surface area contributed by atoms with Crippen LogP contribution in [-0.2, 0) is 11.6 Å². The molecule has 0 atom stereocenters. The van der Waals surface area contributed by atoms with Crippen LogP contribution in [0.5, 0.6) is 0 Å². The van der Waals surface area contributed by atoms with Crippen LogP contribution in [0, 0.1) is 6.92 Å². The van der Waals surface area contributed by atoms with Gasteiger partial charge in [-0.15, -0.1) is 0 Å². The van der Waals surface area contributed by atoms with Gasteiger partial charge in [-0.25, -0.2) is 4.68 Å². The SMILES string of the molecule is Cc1ccc(-n2[nH]c(C(F)(F)F)c(C=C=C3N(C)c4ccccc4C3(C)C)c2=O)cc1. The normalized spacial score (nSPS) is 15.1. The molecule has 0 amide bonds. The van der Waals surface area contributed by atoms with Crippen LogP contribution in [0.15, 0.2) is 64.8 Å². The van der Waals surface area contributed by atoms with Gasteiger partial charge in [-0.2, -0.15) is 13.2 Å². The first-order chi connectivity index (χ1) is 14.5. The highest BCUT2D eigenvalue weighted by molar-refractivity contribution is 5.70. The largest absolute Gasteiger partial charge is 0.433 e. The van der Waals surface area contributed by atoms with Gasteiger partial charge in [0.2, 0.25) is 0 Å². The number of hydrogen-bond donors (Lipinski definition) is 1. The minimum atomic E-state index is -4.71. The van der Waals surface area contributed by atoms with Crippen LogP contribution in [0.25, 0.3) is 11.8 Å². The molecule has 7 heteroatoms. The monoisotopic (exact) mass is 425 g/mol. The summed E-state index contributed by atoms with van der Waals surface area (Å²) in [6.07, 6.45) is -3.57. The average molecular weight is 425 g/mol. The summed E-state index contributed by atoms with van der Waals surface area (Å²) in [6, 6.07) is 14.5. The molecule has 2 heterocycles. The van der Waals surface area contributed by atoms with Crippen molar-refractivity contribution in [2.24, 2.45) is 0 Å². The van der Waals surface area contributed by atoms with Gasteiger partial charge in [-0.1, -0.05) is 41.6 Å². The molecule has 0 bridgehead atoms. The number of nitrogens with zero attached hydrogens (tertiary/aromatic N) is 2. The molecule has 4 rings (SSSR count). The van der Waals surface area contributed by atoms with Crippen LogP contribution >= 0.6 is 0 Å². The van der Waals surface area contributed by atoms with Crippen molar-refractivity contribution in [3.63, 3.8) is 0 Å². The molecule has 0 spiro atoms. The fraction of sp³-hybridized carbons (Fsp3) is 0.250. The van der Waals surface area contributed by atoms with Crippen molar-refractivity contribution in [3.8, 4) is 5.69 Å². The highest BCUT2D eigenvalue weighted by atomic mass is 19.4. The van der Waals surface area contributed by atoms with E-state index in [1.807, 2.05) is 57.0 Å². The van der Waals surface area contributed by atoms with Crippen molar-refractivity contribution in [2.45, 2.75) is 32.4 Å². The lowest BCUT2D eigenvalue weighted by Crippen LogP contribution is -2.22. The molecule has 2 aromatic carbocycles. The Balaban J connectivity index is 1.90. The van der Waals surface area contributed by atoms with Crippen LogP contribution in [0.1, 0.15) is 36.2 Å². The van der Waals surface area contributed by atoms with Crippen LogP contribution in [0.3, 0.4) is 0 Å². The van der Waals surface area contributed by atoms with Crippen molar-refractivity contribution in [2.75, 3.05) is 11.9 Å². The van der Waals surface area contributed by atoms with E-state index >= 15 is 0 Å². The maximum absolute atomic E-state index is 13.7. The first kappa shape index (κ1) is 20.8. The fourth-order valence-corrected chi connectivity index (χ4v) is 4.06. The summed E-state index contributed by atoms with van der Waals surface area (Å²) in [5, 5.41) is 2.24. The number of anilines is 1. The molecule has 1 aliphatic rings. The van der Waals surface area contributed by atoms with Gasteiger partial charge in [0.05, 0.1) is 16.9 Å². The molecule has 31 heavy (non-hydrogen) atoms. The van der Waals surface area contributed by atoms with Gasteiger partial charge in [0, 0.05) is 18.2 Å². The first-order valence-corrected chi connectivity index (χ1v) is 9.81. The van der Waals surface area contributed by atoms with Crippen molar-refractivity contribution in [1.29, 1.82) is 0 Å². The number of fused-ring (bicyclic) bond motifs is 1. The number of allylic oxidation sites excluding steroid dienone is 1. The molecule has 0 unspecified atom stereocenters. The third-order valence-corrected chi connectivity index (χ3v) is 5.72. The summed E-state index contributed by atoms with van der Waals surface area (Å²) in [4.78, 5) is 14.8. The standard InChI is InChI=1S/C24H22F3N3O/c1-15-9-11-16(12-10-15)30-22(31)17(21(28-30)24(25,26)27)13-14-20-23(2,3)18-7-5-6-8-19(18)29(20)4/h5-13,28H,1-4H3. The topological polar surface area (TPSA) is 41.0 Å². The molecule has 1 aliphatic heterocycles. The third kappa shape index (κ3) is 3.41. The van der Waals surface area contributed by atoms with E-state index in [0.29, 0.717) is 11.4 Å². The van der Waals surface area contributed by atoms with Crippen molar-refractivity contribution >= 4 is 11.8 Å². The summed E-state index contributed by atoms with van der Waals surface area (Å²) < 4.78 is 42.1. The summed E-state index contributed by atoms with van der Waals surface area (Å²) in [5.41, 5.74) is 4.16. The number of aromatic amines is 1. The zero-order valence-electron chi connectivity index (χ0n) is 17.6. The Bertz CT molecular complexity index is 1270. The fourth-order valence-electron chi connectivity index (χ4n) is 4.06. The van der Waals surface area contributed by atoms with E-state index in [2.05, 4.69) is 10.8 Å². The lowest BCUT2D eigenvalue weighted by atomic mass is 9.84. The van der Waals surface area contributed by atoms with Crippen LogP contribution in [0.4, 0.5) is 18.9 Å². The van der Waals surface area contributed by atoms with Gasteiger partial charge in [-0.3, -0.25) is 9.89 Å². The number of halogens is 3. The minimum absolute atomic E-state index is 0.333. The van der Waals surface area contributed by atoms with Crippen LogP contribution in [0.2, 0.25) is 0 Å². The Morgan fingerprint density at radius 1 is 1.06 bits per heavy atom. The molecule has 0 radical (unpaired) electrons. The summed E-state index contributed by atoms with van der Waals surface area (Å²) in [7, 11) is 1.84. The summed E-state index contributed by atoms with van der Waals surface area (Å²) >= 11 is 0. The number of likely N-dealkylation sites (N-methyl/N-ethyl adjacent to an activating group) is 1. The predicted octanol–water partition coefficient (Wildman–Crippen LogP) is 5.42. The highest BCUT2D eigenvalue weighted by Crippen LogP contribution is 2.46. The molecule has 0 saturated carbocycles. The summed E-state index contributed by atoms with van der Waals surface area (Å²) in [6.45, 7) is 5.83. The maximum Gasteiger partial charge on any atom is 0.433 e. The Kier molecular flexibility index (Phi) is 4.74. The Morgan fingerprint density at radius 3 is 2.32 bits per heavy atom. The van der Waals surface area contributed by atoms with Gasteiger partial charge >= 0.3 is 6.18 Å². The van der Waals surface area contributed by atoms with E-state index in [4.69, 9.17) is 0 Å². The van der Waals surface area contributed by atoms with Crippen LogP contribution in [-0.4, -0.2) is 16.8 Å². The van der Waals surface area contributed by atoms with Crippen molar-refractivity contribution < 1.29 is 13.2 Å². The van der Waals surface area contributed by atoms with Crippen LogP contribution < -0.4 is 10.5 Å². The second-order valence-corrected chi connectivity index (χ2v) is 8.21. The summed E-state index contributed by atoms with van der Waals surface area (Å²) in [5.74, 6) is 0. The third-order valence-electron chi connectivity index (χ3n) is 5.72. The lowest BCUT2D eigenvalue weighted by molar-refractivity contribution is -0.141. The molecule has 160 valence electrons. The molecule has 4 nitrogen and oxygen atoms in total. The van der Waals surface area contributed by atoms with E-state index < -0.39 is 28.4 Å². The first-order valence-electron chi connectivity index (χ1n) is 9.81. The number of para-hydroxylation sites is 1. The number of hydrogen-bond acceptors (Lipinski definition) is 2. The molecule has 1 N–H and O–H groups in total. The lowest BCUT2D eigenvalue weighted by Gasteiger charge is -2.21. The Labute approximate surface area is 177 Å². The van der Waals surface area contributed by atoms with Gasteiger partial charge in [0.1, 0.15) is 5.69 Å². The van der Waals surface area contributed by atoms with Gasteiger partial charge in [-0.05, 0) is 50.6 Å². The van der Waals surface area contributed by atoms with E-state index in [9.17, 15) is 18.0 Å². The zero-order valence-corrected chi connectivity index (χ0v) is 17.6. The zero-order chi connectivity index (χ0) is 22.6. The molecule has 0 aliphatic carbocycles. The van der Waals surface area contributed by atoms with E-state index in [0.717, 1.165) is 27.6 Å². The number of H-pyrrole nitrogens is 1. The number of nitrogens with one attached hydrogen (secondary N) is 1.